The molecule has 8 heteroatoms. The van der Waals surface area contributed by atoms with Crippen molar-refractivity contribution in [3.8, 4) is 0 Å². The summed E-state index contributed by atoms with van der Waals surface area (Å²) in [6.45, 7) is 1.67. The molecule has 23 heavy (non-hydrogen) atoms. The molecule has 0 aromatic heterocycles. The maximum atomic E-state index is 13.0. The molecule has 3 rings (SSSR count). The number of hydrogen-bond acceptors (Lipinski definition) is 5. The molecular formula is C15H11BrN2O4S. The zero-order valence-electron chi connectivity index (χ0n) is 11.9. The Balaban J connectivity index is 2.22. The third kappa shape index (κ3) is 2.38. The number of para-hydroxylation sites is 2. The van der Waals surface area contributed by atoms with E-state index in [1.54, 1.807) is 31.2 Å². The molecule has 2 aromatic carbocycles. The zero-order valence-corrected chi connectivity index (χ0v) is 14.3. The van der Waals surface area contributed by atoms with Crippen molar-refractivity contribution in [3.05, 3.63) is 64.2 Å². The molecule has 1 unspecified atom stereocenters. The van der Waals surface area contributed by atoms with Crippen LogP contribution in [0.25, 0.3) is 0 Å². The number of alkyl halides is 1. The summed E-state index contributed by atoms with van der Waals surface area (Å²) in [6.07, 6.45) is 0. The first kappa shape index (κ1) is 15.8. The van der Waals surface area contributed by atoms with Gasteiger partial charge in [0, 0.05) is 11.6 Å². The topological polar surface area (TPSA) is 89.6 Å². The van der Waals surface area contributed by atoms with Gasteiger partial charge in [0.05, 0.1) is 10.6 Å². The van der Waals surface area contributed by atoms with E-state index in [0.717, 1.165) is 0 Å². The summed E-state index contributed by atoms with van der Waals surface area (Å²) >= 11 is 3.42. The van der Waals surface area contributed by atoms with Gasteiger partial charge in [-0.05, 0) is 19.1 Å². The molecule has 0 saturated carbocycles. The van der Waals surface area contributed by atoms with Crippen LogP contribution in [0, 0.1) is 10.1 Å². The van der Waals surface area contributed by atoms with Gasteiger partial charge in [-0.2, -0.15) is 0 Å². The molecule has 1 atom stereocenters. The second-order valence-corrected chi connectivity index (χ2v) is 8.58. The van der Waals surface area contributed by atoms with Gasteiger partial charge in [-0.15, -0.1) is 0 Å². The lowest BCUT2D eigenvalue weighted by molar-refractivity contribution is -0.387. The highest BCUT2D eigenvalue weighted by Gasteiger charge is 2.46. The summed E-state index contributed by atoms with van der Waals surface area (Å²) in [6, 6.07) is 12.3. The minimum Gasteiger partial charge on any atom is -0.258 e. The van der Waals surface area contributed by atoms with Crippen molar-refractivity contribution in [3.63, 3.8) is 0 Å². The van der Waals surface area contributed by atoms with Crippen molar-refractivity contribution in [2.45, 2.75) is 16.1 Å². The number of sulfone groups is 1. The normalized spacial score (nSPS) is 20.0. The molecule has 1 heterocycles. The number of nitrogens with zero attached hydrogens (tertiary/aromatic N) is 2. The van der Waals surface area contributed by atoms with E-state index in [4.69, 9.17) is 0 Å². The molecule has 0 bridgehead atoms. The molecule has 0 spiro atoms. The summed E-state index contributed by atoms with van der Waals surface area (Å²) < 4.78 is 24.9. The van der Waals surface area contributed by atoms with E-state index < -0.39 is 24.8 Å². The van der Waals surface area contributed by atoms with E-state index in [2.05, 4.69) is 20.9 Å². The molecule has 0 aliphatic carbocycles. The van der Waals surface area contributed by atoms with Gasteiger partial charge in [0.2, 0.25) is 9.84 Å². The minimum absolute atomic E-state index is 0.152. The van der Waals surface area contributed by atoms with E-state index >= 15 is 0 Å². The number of halogens is 1. The number of fused-ring (bicyclic) bond motifs is 1. The summed E-state index contributed by atoms with van der Waals surface area (Å²) in [4.78, 5) is 14.3. The Morgan fingerprint density at radius 3 is 2.39 bits per heavy atom. The summed E-state index contributed by atoms with van der Waals surface area (Å²) in [7, 11) is -4.13. The first-order valence-corrected chi connectivity index (χ1v) is 8.90. The molecule has 0 fully saturated rings. The largest absolute Gasteiger partial charge is 0.288 e. The highest BCUT2D eigenvalue weighted by molar-refractivity contribution is 9.10. The Hall–Kier alpha value is -2.06. The highest BCUT2D eigenvalue weighted by Crippen LogP contribution is 2.47. The van der Waals surface area contributed by atoms with Crippen molar-refractivity contribution in [2.24, 2.45) is 4.99 Å². The van der Waals surface area contributed by atoms with E-state index in [0.29, 0.717) is 11.3 Å². The van der Waals surface area contributed by atoms with E-state index in [1.165, 1.54) is 24.3 Å². The van der Waals surface area contributed by atoms with Crippen molar-refractivity contribution in [1.82, 2.24) is 0 Å². The third-order valence-corrected chi connectivity index (χ3v) is 6.64. The summed E-state index contributed by atoms with van der Waals surface area (Å²) in [5.41, 5.74) is 0.774. The molecule has 0 radical (unpaired) electrons. The lowest BCUT2D eigenvalue weighted by Gasteiger charge is -2.19. The van der Waals surface area contributed by atoms with Gasteiger partial charge >= 0.3 is 0 Å². The fourth-order valence-corrected chi connectivity index (χ4v) is 5.33. The van der Waals surface area contributed by atoms with Gasteiger partial charge in [0.1, 0.15) is 4.32 Å². The molecule has 1 aliphatic heterocycles. The molecular weight excluding hydrogens is 384 g/mol. The number of rotatable bonds is 2. The monoisotopic (exact) mass is 394 g/mol. The SMILES string of the molecule is CC1(Br)C(S(=O)(=O)c2ccccc2[N+](=O)[O-])=Nc2ccccc21. The second kappa shape index (κ2) is 5.24. The number of nitro groups is 1. The van der Waals surface area contributed by atoms with Crippen molar-refractivity contribution < 1.29 is 13.3 Å². The highest BCUT2D eigenvalue weighted by atomic mass is 79.9. The maximum Gasteiger partial charge on any atom is 0.288 e. The Morgan fingerprint density at radius 2 is 1.74 bits per heavy atom. The Morgan fingerprint density at radius 1 is 1.13 bits per heavy atom. The zero-order chi connectivity index (χ0) is 16.8. The lowest BCUT2D eigenvalue weighted by atomic mass is 10.0. The van der Waals surface area contributed by atoms with Gasteiger partial charge in [0.25, 0.3) is 5.69 Å². The van der Waals surface area contributed by atoms with Crippen molar-refractivity contribution in [1.29, 1.82) is 0 Å². The van der Waals surface area contributed by atoms with E-state index in [-0.39, 0.29) is 9.94 Å². The predicted molar refractivity (Wildman–Crippen MR) is 90.1 cm³/mol. The van der Waals surface area contributed by atoms with Gasteiger partial charge in [-0.25, -0.2) is 13.4 Å². The number of benzene rings is 2. The average molecular weight is 395 g/mol. The first-order chi connectivity index (χ1) is 10.8. The minimum atomic E-state index is -4.13. The fourth-order valence-electron chi connectivity index (χ4n) is 2.55. The quantitative estimate of drug-likeness (QED) is 0.440. The summed E-state index contributed by atoms with van der Waals surface area (Å²) in [5, 5.41) is 11.0. The average Bonchev–Trinajstić information content (AvgIpc) is 2.80. The fraction of sp³-hybridized carbons (Fsp3) is 0.133. The van der Waals surface area contributed by atoms with Crippen LogP contribution < -0.4 is 0 Å². The lowest BCUT2D eigenvalue weighted by Crippen LogP contribution is -2.30. The number of nitro benzene ring substituents is 1. The molecule has 2 aromatic rings. The van der Waals surface area contributed by atoms with E-state index in [1.807, 2.05) is 0 Å². The molecule has 0 N–H and O–H groups in total. The maximum absolute atomic E-state index is 13.0. The van der Waals surface area contributed by atoms with Gasteiger partial charge < -0.3 is 0 Å². The Bertz CT molecular complexity index is 951. The molecule has 0 saturated heterocycles. The Labute approximate surface area is 141 Å². The van der Waals surface area contributed by atoms with Crippen LogP contribution in [0.15, 0.2) is 58.4 Å². The van der Waals surface area contributed by atoms with Crippen LogP contribution in [0.5, 0.6) is 0 Å². The predicted octanol–water partition coefficient (Wildman–Crippen LogP) is 3.72. The third-order valence-electron chi connectivity index (χ3n) is 3.64. The van der Waals surface area contributed by atoms with Crippen LogP contribution in [0.3, 0.4) is 0 Å². The van der Waals surface area contributed by atoms with Crippen molar-refractivity contribution >= 4 is 42.2 Å². The summed E-state index contributed by atoms with van der Waals surface area (Å²) in [5.74, 6) is 0. The Kier molecular flexibility index (Phi) is 3.61. The second-order valence-electron chi connectivity index (χ2n) is 5.17. The van der Waals surface area contributed by atoms with Crippen LogP contribution >= 0.6 is 15.9 Å². The molecule has 1 aliphatic rings. The number of aliphatic imine (C=N–C) groups is 1. The van der Waals surface area contributed by atoms with Gasteiger partial charge in [-0.1, -0.05) is 46.3 Å². The molecule has 0 amide bonds. The van der Waals surface area contributed by atoms with E-state index in [9.17, 15) is 18.5 Å². The van der Waals surface area contributed by atoms with Crippen molar-refractivity contribution in [2.75, 3.05) is 0 Å². The van der Waals surface area contributed by atoms with Crippen LogP contribution in [0.4, 0.5) is 11.4 Å². The molecule has 6 nitrogen and oxygen atoms in total. The van der Waals surface area contributed by atoms with Crippen LogP contribution in [0.2, 0.25) is 0 Å². The van der Waals surface area contributed by atoms with Gasteiger partial charge in [-0.3, -0.25) is 10.1 Å². The first-order valence-electron chi connectivity index (χ1n) is 6.62. The van der Waals surface area contributed by atoms with Crippen LogP contribution in [-0.4, -0.2) is 18.4 Å². The standard InChI is InChI=1S/C15H11BrN2O4S/c1-15(16)10-6-2-3-7-11(10)17-14(15)23(21,22)13-9-5-4-8-12(13)18(19)20/h2-9H,1H3. The van der Waals surface area contributed by atoms with Crippen LogP contribution in [0.1, 0.15) is 12.5 Å². The van der Waals surface area contributed by atoms with Crippen LogP contribution in [-0.2, 0) is 14.2 Å². The molecule has 118 valence electrons. The number of hydrogen-bond donors (Lipinski definition) is 0. The smallest absolute Gasteiger partial charge is 0.258 e. The van der Waals surface area contributed by atoms with Gasteiger partial charge in [0.15, 0.2) is 9.94 Å².